The molecule has 1 aliphatic carbocycles. The van der Waals surface area contributed by atoms with Gasteiger partial charge in [0.2, 0.25) is 17.7 Å². The molecule has 0 aromatic heterocycles. The quantitative estimate of drug-likeness (QED) is 0.434. The summed E-state index contributed by atoms with van der Waals surface area (Å²) in [6.45, 7) is 9.08. The Hall–Kier alpha value is -3.45. The number of benzene rings is 2. The predicted octanol–water partition coefficient (Wildman–Crippen LogP) is 5.08. The molecule has 2 aromatic rings. The average molecular weight is 570 g/mol. The summed E-state index contributed by atoms with van der Waals surface area (Å²) in [6, 6.07) is 17.0. The first-order valence-corrected chi connectivity index (χ1v) is 15.6. The molecule has 222 valence electrons. The first kappa shape index (κ1) is 28.7. The van der Waals surface area contributed by atoms with E-state index in [9.17, 15) is 14.4 Å². The number of hydrogen-bond donors (Lipinski definition) is 2. The second-order valence-corrected chi connectivity index (χ2v) is 13.1. The van der Waals surface area contributed by atoms with Gasteiger partial charge in [0.05, 0.1) is 17.9 Å². The van der Waals surface area contributed by atoms with Gasteiger partial charge in [0, 0.05) is 18.3 Å². The molecule has 3 heterocycles. The Kier molecular flexibility index (Phi) is 7.73. The molecule has 1 spiro atoms. The fourth-order valence-electron chi connectivity index (χ4n) is 7.63. The summed E-state index contributed by atoms with van der Waals surface area (Å²) in [6.07, 6.45) is 7.00. The Labute approximate surface area is 249 Å². The van der Waals surface area contributed by atoms with Crippen molar-refractivity contribution in [3.63, 3.8) is 0 Å². The normalized spacial score (nSPS) is 33.2. The number of ether oxygens (including phenoxy) is 1. The van der Waals surface area contributed by atoms with Crippen molar-refractivity contribution in [1.82, 2.24) is 10.2 Å². The van der Waals surface area contributed by atoms with Crippen LogP contribution in [0, 0.1) is 23.7 Å². The molecular weight excluding hydrogens is 526 g/mol. The molecule has 3 aliphatic heterocycles. The van der Waals surface area contributed by atoms with Crippen LogP contribution in [0.1, 0.15) is 64.0 Å². The number of anilines is 1. The van der Waals surface area contributed by atoms with Crippen LogP contribution >= 0.6 is 0 Å². The summed E-state index contributed by atoms with van der Waals surface area (Å²) in [5.74, 6) is -0.813. The fourth-order valence-corrected chi connectivity index (χ4v) is 7.63. The van der Waals surface area contributed by atoms with E-state index in [1.807, 2.05) is 66.7 Å². The molecule has 1 saturated carbocycles. The second kappa shape index (κ2) is 11.3. The SMILES string of the molecule is CC(C)c1ccc(NC(=O)C2C3C=CC4(O3)C2C(=O)N(CCc2ccccc2)C4C(=O)NC2CCCC(C)C2C)cc1. The van der Waals surface area contributed by atoms with Gasteiger partial charge in [-0.25, -0.2) is 0 Å². The summed E-state index contributed by atoms with van der Waals surface area (Å²) < 4.78 is 6.53. The average Bonchev–Trinajstić information content (AvgIpc) is 3.62. The van der Waals surface area contributed by atoms with Gasteiger partial charge in [-0.3, -0.25) is 14.4 Å². The smallest absolute Gasteiger partial charge is 0.246 e. The minimum Gasteiger partial charge on any atom is -0.359 e. The van der Waals surface area contributed by atoms with Crippen molar-refractivity contribution >= 4 is 23.4 Å². The number of carbonyl (C=O) groups excluding carboxylic acids is 3. The van der Waals surface area contributed by atoms with E-state index in [1.54, 1.807) is 4.90 Å². The number of carbonyl (C=O) groups is 3. The van der Waals surface area contributed by atoms with Gasteiger partial charge in [-0.1, -0.05) is 95.2 Å². The lowest BCUT2D eigenvalue weighted by atomic mass is 9.73. The lowest BCUT2D eigenvalue weighted by molar-refractivity contribution is -0.141. The largest absolute Gasteiger partial charge is 0.359 e. The van der Waals surface area contributed by atoms with Crippen molar-refractivity contribution in [3.05, 3.63) is 77.9 Å². The summed E-state index contributed by atoms with van der Waals surface area (Å²) in [5, 5.41) is 6.36. The third kappa shape index (κ3) is 4.96. The number of likely N-dealkylation sites (tertiary alicyclic amines) is 1. The van der Waals surface area contributed by atoms with Crippen molar-refractivity contribution in [1.29, 1.82) is 0 Å². The zero-order chi connectivity index (χ0) is 29.6. The van der Waals surface area contributed by atoms with E-state index >= 15 is 0 Å². The lowest BCUT2D eigenvalue weighted by Gasteiger charge is -2.38. The van der Waals surface area contributed by atoms with Crippen LogP contribution in [0.15, 0.2) is 66.7 Å². The monoisotopic (exact) mass is 569 g/mol. The molecule has 4 aliphatic rings. The molecule has 3 fully saturated rings. The van der Waals surface area contributed by atoms with Gasteiger partial charge in [0.1, 0.15) is 11.6 Å². The zero-order valence-corrected chi connectivity index (χ0v) is 25.1. The van der Waals surface area contributed by atoms with Crippen LogP contribution in [0.4, 0.5) is 5.69 Å². The van der Waals surface area contributed by atoms with Crippen molar-refractivity contribution < 1.29 is 19.1 Å². The molecule has 7 nitrogen and oxygen atoms in total. The highest BCUT2D eigenvalue weighted by Crippen LogP contribution is 2.55. The highest BCUT2D eigenvalue weighted by Gasteiger charge is 2.72. The molecule has 2 saturated heterocycles. The number of nitrogens with zero attached hydrogens (tertiary/aromatic N) is 1. The molecule has 42 heavy (non-hydrogen) atoms. The second-order valence-electron chi connectivity index (χ2n) is 13.1. The van der Waals surface area contributed by atoms with Gasteiger partial charge in [0.15, 0.2) is 0 Å². The molecular formula is C35H43N3O4. The molecule has 3 amide bonds. The maximum atomic E-state index is 14.3. The Balaban J connectivity index is 1.28. The van der Waals surface area contributed by atoms with E-state index in [-0.39, 0.29) is 23.8 Å². The van der Waals surface area contributed by atoms with Crippen molar-refractivity contribution in [2.45, 2.75) is 83.1 Å². The van der Waals surface area contributed by atoms with E-state index in [4.69, 9.17) is 4.74 Å². The van der Waals surface area contributed by atoms with Crippen LogP contribution in [0.2, 0.25) is 0 Å². The number of fused-ring (bicyclic) bond motifs is 1. The fraction of sp³-hybridized carbons (Fsp3) is 0.514. The van der Waals surface area contributed by atoms with Crippen molar-refractivity contribution in [2.24, 2.45) is 23.7 Å². The van der Waals surface area contributed by atoms with Crippen LogP contribution in [0.5, 0.6) is 0 Å². The van der Waals surface area contributed by atoms with E-state index in [0.717, 1.165) is 24.8 Å². The third-order valence-corrected chi connectivity index (χ3v) is 10.3. The molecule has 0 radical (unpaired) electrons. The van der Waals surface area contributed by atoms with E-state index in [2.05, 4.69) is 38.3 Å². The number of hydrogen-bond acceptors (Lipinski definition) is 4. The van der Waals surface area contributed by atoms with Crippen LogP contribution in [-0.2, 0) is 25.5 Å². The van der Waals surface area contributed by atoms with Crippen LogP contribution in [-0.4, -0.2) is 53.0 Å². The lowest BCUT2D eigenvalue weighted by Crippen LogP contribution is -2.58. The highest BCUT2D eigenvalue weighted by atomic mass is 16.5. The maximum absolute atomic E-state index is 14.3. The molecule has 2 N–H and O–H groups in total. The van der Waals surface area contributed by atoms with E-state index in [1.165, 1.54) is 5.56 Å². The van der Waals surface area contributed by atoms with E-state index in [0.29, 0.717) is 36.4 Å². The van der Waals surface area contributed by atoms with Gasteiger partial charge < -0.3 is 20.3 Å². The van der Waals surface area contributed by atoms with Crippen LogP contribution in [0.3, 0.4) is 0 Å². The van der Waals surface area contributed by atoms with Gasteiger partial charge in [-0.05, 0) is 53.9 Å². The van der Waals surface area contributed by atoms with Crippen LogP contribution in [0.25, 0.3) is 0 Å². The summed E-state index contributed by atoms with van der Waals surface area (Å²) in [7, 11) is 0. The van der Waals surface area contributed by atoms with Gasteiger partial charge in [-0.2, -0.15) is 0 Å². The molecule has 2 bridgehead atoms. The van der Waals surface area contributed by atoms with Gasteiger partial charge in [0.25, 0.3) is 0 Å². The summed E-state index contributed by atoms with van der Waals surface area (Å²) in [4.78, 5) is 43.9. The Morgan fingerprint density at radius 2 is 1.76 bits per heavy atom. The first-order chi connectivity index (χ1) is 20.2. The van der Waals surface area contributed by atoms with Crippen molar-refractivity contribution in [3.8, 4) is 0 Å². The van der Waals surface area contributed by atoms with Crippen LogP contribution < -0.4 is 10.6 Å². The molecule has 8 unspecified atom stereocenters. The summed E-state index contributed by atoms with van der Waals surface area (Å²) >= 11 is 0. The Morgan fingerprint density at radius 1 is 1.02 bits per heavy atom. The topological polar surface area (TPSA) is 87.7 Å². The highest BCUT2D eigenvalue weighted by molar-refractivity contribution is 6.02. The first-order valence-electron chi connectivity index (χ1n) is 15.6. The van der Waals surface area contributed by atoms with Gasteiger partial charge >= 0.3 is 0 Å². The third-order valence-electron chi connectivity index (χ3n) is 10.3. The minimum atomic E-state index is -1.16. The molecule has 6 rings (SSSR count). The molecule has 8 atom stereocenters. The number of rotatable bonds is 8. The Bertz CT molecular complexity index is 1360. The van der Waals surface area contributed by atoms with Crippen molar-refractivity contribution in [2.75, 3.05) is 11.9 Å². The molecule has 7 heteroatoms. The minimum absolute atomic E-state index is 0.0539. The standard InChI is InChI=1S/C35H43N3O4/c1-21(2)25-13-15-26(16-14-25)36-32(39)29-28-17-19-35(42-28)30(29)34(41)38(20-18-24-10-6-5-7-11-24)31(35)33(40)37-27-12-8-9-22(3)23(27)4/h5-7,10-11,13-17,19,21-23,27-31H,8-9,12,18,20H2,1-4H3,(H,36,39)(H,37,40). The Morgan fingerprint density at radius 3 is 2.48 bits per heavy atom. The summed E-state index contributed by atoms with van der Waals surface area (Å²) in [5.41, 5.74) is 1.81. The zero-order valence-electron chi connectivity index (χ0n) is 25.1. The van der Waals surface area contributed by atoms with Gasteiger partial charge in [-0.15, -0.1) is 0 Å². The predicted molar refractivity (Wildman–Crippen MR) is 163 cm³/mol. The number of amides is 3. The molecule has 2 aromatic carbocycles. The number of nitrogens with one attached hydrogen (secondary N) is 2. The maximum Gasteiger partial charge on any atom is 0.246 e. The van der Waals surface area contributed by atoms with E-state index < -0.39 is 29.6 Å².